The topological polar surface area (TPSA) is 45.4 Å². The molecule has 4 rings (SSSR count). The highest BCUT2D eigenvalue weighted by Crippen LogP contribution is 2.44. The predicted octanol–water partition coefficient (Wildman–Crippen LogP) is 1.85. The van der Waals surface area contributed by atoms with Crippen molar-refractivity contribution >= 4 is 16.9 Å². The molecule has 3 heterocycles. The van der Waals surface area contributed by atoms with E-state index < -0.39 is 0 Å². The molecule has 19 heavy (non-hydrogen) atoms. The van der Waals surface area contributed by atoms with E-state index in [1.54, 1.807) is 6.33 Å². The van der Waals surface area contributed by atoms with E-state index >= 15 is 0 Å². The number of piperazine rings is 1. The van der Waals surface area contributed by atoms with Gasteiger partial charge in [-0.05, 0) is 25.8 Å². The Labute approximate surface area is 112 Å². The van der Waals surface area contributed by atoms with E-state index in [0.717, 1.165) is 43.1 Å². The Morgan fingerprint density at radius 1 is 1.16 bits per heavy atom. The maximum absolute atomic E-state index is 5.78. The van der Waals surface area contributed by atoms with Gasteiger partial charge < -0.3 is 14.2 Å². The van der Waals surface area contributed by atoms with Gasteiger partial charge in [0.1, 0.15) is 11.8 Å². The molecule has 0 aromatic carbocycles. The molecule has 0 amide bonds. The number of rotatable bonds is 2. The first-order valence-corrected chi connectivity index (χ1v) is 6.98. The Morgan fingerprint density at radius 2 is 1.95 bits per heavy atom. The molecule has 2 aromatic rings. The molecule has 0 unspecified atom stereocenters. The normalized spacial score (nSPS) is 21.2. The summed E-state index contributed by atoms with van der Waals surface area (Å²) in [6, 6.07) is 0. The van der Waals surface area contributed by atoms with Crippen LogP contribution in [0.1, 0.15) is 24.3 Å². The zero-order chi connectivity index (χ0) is 12.8. The summed E-state index contributed by atoms with van der Waals surface area (Å²) in [7, 11) is 2.16. The molecule has 2 aliphatic rings. The summed E-state index contributed by atoms with van der Waals surface area (Å²) in [6.07, 6.45) is 6.10. The summed E-state index contributed by atoms with van der Waals surface area (Å²) in [5, 5.41) is 0. The van der Waals surface area contributed by atoms with Crippen molar-refractivity contribution in [1.29, 1.82) is 0 Å². The zero-order valence-electron chi connectivity index (χ0n) is 11.2. The van der Waals surface area contributed by atoms with Gasteiger partial charge in [0.2, 0.25) is 0 Å². The van der Waals surface area contributed by atoms with Gasteiger partial charge in [-0.1, -0.05) is 0 Å². The molecular formula is C14H18N4O. The molecule has 1 saturated heterocycles. The zero-order valence-corrected chi connectivity index (χ0v) is 11.2. The Morgan fingerprint density at radius 3 is 2.68 bits per heavy atom. The second-order valence-electron chi connectivity index (χ2n) is 5.63. The SMILES string of the molecule is CN1CCN(c2ncnc3c(C4CC4)coc23)CC1. The first-order chi connectivity index (χ1) is 9.33. The van der Waals surface area contributed by atoms with Crippen molar-refractivity contribution in [2.24, 2.45) is 0 Å². The third-order valence-electron chi connectivity index (χ3n) is 4.18. The first kappa shape index (κ1) is 11.2. The third-order valence-corrected chi connectivity index (χ3v) is 4.18. The van der Waals surface area contributed by atoms with Crippen LogP contribution in [0.4, 0.5) is 5.82 Å². The van der Waals surface area contributed by atoms with Gasteiger partial charge in [-0.25, -0.2) is 9.97 Å². The van der Waals surface area contributed by atoms with Gasteiger partial charge in [0.25, 0.3) is 0 Å². The van der Waals surface area contributed by atoms with Crippen LogP contribution in [-0.4, -0.2) is 48.1 Å². The fourth-order valence-corrected chi connectivity index (χ4v) is 2.78. The summed E-state index contributed by atoms with van der Waals surface area (Å²) in [4.78, 5) is 13.5. The average molecular weight is 258 g/mol. The van der Waals surface area contributed by atoms with Crippen LogP contribution in [0.25, 0.3) is 11.1 Å². The van der Waals surface area contributed by atoms with Crippen molar-refractivity contribution in [3.8, 4) is 0 Å². The van der Waals surface area contributed by atoms with E-state index in [1.807, 2.05) is 6.26 Å². The van der Waals surface area contributed by atoms with E-state index in [4.69, 9.17) is 4.42 Å². The van der Waals surface area contributed by atoms with Crippen molar-refractivity contribution in [1.82, 2.24) is 14.9 Å². The number of hydrogen-bond acceptors (Lipinski definition) is 5. The van der Waals surface area contributed by atoms with Crippen LogP contribution >= 0.6 is 0 Å². The van der Waals surface area contributed by atoms with Crippen LogP contribution in [0.15, 0.2) is 17.0 Å². The van der Waals surface area contributed by atoms with Gasteiger partial charge in [0.05, 0.1) is 6.26 Å². The van der Waals surface area contributed by atoms with Gasteiger partial charge in [0, 0.05) is 31.7 Å². The molecule has 0 N–H and O–H groups in total. The molecule has 2 fully saturated rings. The first-order valence-electron chi connectivity index (χ1n) is 6.98. The number of fused-ring (bicyclic) bond motifs is 1. The number of anilines is 1. The Balaban J connectivity index is 1.73. The average Bonchev–Trinajstić information content (AvgIpc) is 3.19. The van der Waals surface area contributed by atoms with E-state index in [9.17, 15) is 0 Å². The van der Waals surface area contributed by atoms with Gasteiger partial charge >= 0.3 is 0 Å². The van der Waals surface area contributed by atoms with Crippen molar-refractivity contribution < 1.29 is 4.42 Å². The second kappa shape index (κ2) is 4.20. The molecule has 2 aromatic heterocycles. The Bertz CT molecular complexity index is 597. The molecule has 0 atom stereocenters. The fourth-order valence-electron chi connectivity index (χ4n) is 2.78. The monoisotopic (exact) mass is 258 g/mol. The summed E-state index contributed by atoms with van der Waals surface area (Å²) in [5.74, 6) is 1.63. The smallest absolute Gasteiger partial charge is 0.195 e. The van der Waals surface area contributed by atoms with E-state index in [2.05, 4.69) is 26.8 Å². The molecule has 1 saturated carbocycles. The largest absolute Gasteiger partial charge is 0.458 e. The minimum Gasteiger partial charge on any atom is -0.458 e. The lowest BCUT2D eigenvalue weighted by molar-refractivity contribution is 0.312. The number of aromatic nitrogens is 2. The van der Waals surface area contributed by atoms with Gasteiger partial charge in [-0.2, -0.15) is 0 Å². The van der Waals surface area contributed by atoms with Crippen LogP contribution in [0.2, 0.25) is 0 Å². The minimum atomic E-state index is 0.663. The quantitative estimate of drug-likeness (QED) is 0.822. The number of furan rings is 1. The van der Waals surface area contributed by atoms with Crippen LogP contribution in [0, 0.1) is 0 Å². The molecule has 100 valence electrons. The molecule has 5 heteroatoms. The van der Waals surface area contributed by atoms with Crippen LogP contribution in [-0.2, 0) is 0 Å². The number of hydrogen-bond donors (Lipinski definition) is 0. The summed E-state index contributed by atoms with van der Waals surface area (Å²) in [5.41, 5.74) is 3.16. The van der Waals surface area contributed by atoms with Crippen LogP contribution in [0.5, 0.6) is 0 Å². The van der Waals surface area contributed by atoms with Crippen molar-refractivity contribution in [3.05, 3.63) is 18.2 Å². The van der Waals surface area contributed by atoms with E-state index in [-0.39, 0.29) is 0 Å². The fraction of sp³-hybridized carbons (Fsp3) is 0.571. The van der Waals surface area contributed by atoms with Gasteiger partial charge in [-0.15, -0.1) is 0 Å². The van der Waals surface area contributed by atoms with Crippen LogP contribution < -0.4 is 4.90 Å². The predicted molar refractivity (Wildman–Crippen MR) is 73.5 cm³/mol. The van der Waals surface area contributed by atoms with Crippen molar-refractivity contribution in [2.45, 2.75) is 18.8 Å². The van der Waals surface area contributed by atoms with E-state index in [0.29, 0.717) is 5.92 Å². The summed E-state index contributed by atoms with van der Waals surface area (Å²) in [6.45, 7) is 4.15. The highest BCUT2D eigenvalue weighted by atomic mass is 16.3. The second-order valence-corrected chi connectivity index (χ2v) is 5.63. The molecule has 0 radical (unpaired) electrons. The van der Waals surface area contributed by atoms with Crippen LogP contribution in [0.3, 0.4) is 0 Å². The lowest BCUT2D eigenvalue weighted by atomic mass is 10.2. The highest BCUT2D eigenvalue weighted by Gasteiger charge is 2.29. The molecule has 5 nitrogen and oxygen atoms in total. The highest BCUT2D eigenvalue weighted by molar-refractivity contribution is 5.87. The molecule has 0 spiro atoms. The minimum absolute atomic E-state index is 0.663. The van der Waals surface area contributed by atoms with Crippen molar-refractivity contribution in [2.75, 3.05) is 38.1 Å². The standard InChI is InChI=1S/C14H18N4O/c1-17-4-6-18(7-5-17)14-13-12(15-9-16-14)11(8-19-13)10-2-3-10/h8-10H,2-7H2,1H3. The van der Waals surface area contributed by atoms with Gasteiger partial charge in [-0.3, -0.25) is 0 Å². The maximum atomic E-state index is 5.78. The molecule has 0 bridgehead atoms. The van der Waals surface area contributed by atoms with Crippen molar-refractivity contribution in [3.63, 3.8) is 0 Å². The Kier molecular flexibility index (Phi) is 2.48. The van der Waals surface area contributed by atoms with Gasteiger partial charge in [0.15, 0.2) is 11.4 Å². The third kappa shape index (κ3) is 1.89. The van der Waals surface area contributed by atoms with E-state index in [1.165, 1.54) is 18.4 Å². The molecule has 1 aliphatic heterocycles. The molecular weight excluding hydrogens is 240 g/mol. The summed E-state index contributed by atoms with van der Waals surface area (Å²) >= 11 is 0. The lowest BCUT2D eigenvalue weighted by Crippen LogP contribution is -2.44. The number of nitrogens with zero attached hydrogens (tertiary/aromatic N) is 4. The molecule has 1 aliphatic carbocycles. The maximum Gasteiger partial charge on any atom is 0.195 e. The number of likely N-dealkylation sites (N-methyl/N-ethyl adjacent to an activating group) is 1. The Hall–Kier alpha value is -1.62. The lowest BCUT2D eigenvalue weighted by Gasteiger charge is -2.32. The summed E-state index contributed by atoms with van der Waals surface area (Å²) < 4.78 is 5.78.